The topological polar surface area (TPSA) is 112 Å². The lowest BCUT2D eigenvalue weighted by atomic mass is 10.1. The third-order valence-electron chi connectivity index (χ3n) is 4.48. The van der Waals surface area contributed by atoms with E-state index in [0.29, 0.717) is 24.3 Å². The lowest BCUT2D eigenvalue weighted by Crippen LogP contribution is -2.30. The molecule has 1 heterocycles. The number of hydrogen-bond donors (Lipinski definition) is 1. The van der Waals surface area contributed by atoms with Gasteiger partial charge in [-0.05, 0) is 48.7 Å². The first kappa shape index (κ1) is 20.8. The average Bonchev–Trinajstić information content (AvgIpc) is 3.24. The number of carbonyl (C=O) groups is 2. The largest absolute Gasteiger partial charge is 0.450 e. The Labute approximate surface area is 172 Å². The van der Waals surface area contributed by atoms with Gasteiger partial charge in [-0.3, -0.25) is 14.9 Å². The molecule has 0 aliphatic rings. The van der Waals surface area contributed by atoms with E-state index >= 15 is 0 Å². The van der Waals surface area contributed by atoms with Gasteiger partial charge in [0.1, 0.15) is 5.76 Å². The van der Waals surface area contributed by atoms with Gasteiger partial charge in [-0.25, -0.2) is 4.79 Å². The summed E-state index contributed by atoms with van der Waals surface area (Å²) in [7, 11) is 0. The summed E-state index contributed by atoms with van der Waals surface area (Å²) >= 11 is 0. The van der Waals surface area contributed by atoms with Gasteiger partial charge in [-0.1, -0.05) is 24.3 Å². The van der Waals surface area contributed by atoms with Gasteiger partial charge in [0.25, 0.3) is 11.6 Å². The van der Waals surface area contributed by atoms with E-state index in [0.717, 1.165) is 11.1 Å². The Hall–Kier alpha value is -3.94. The van der Waals surface area contributed by atoms with Crippen molar-refractivity contribution in [1.82, 2.24) is 5.32 Å². The molecule has 0 spiro atoms. The van der Waals surface area contributed by atoms with Crippen molar-refractivity contribution in [1.29, 1.82) is 0 Å². The summed E-state index contributed by atoms with van der Waals surface area (Å²) in [6, 6.07) is 16.6. The Morgan fingerprint density at radius 2 is 1.80 bits per heavy atom. The molecule has 2 aromatic carbocycles. The minimum absolute atomic E-state index is 0.0432. The summed E-state index contributed by atoms with van der Waals surface area (Å²) in [5, 5.41) is 13.4. The summed E-state index contributed by atoms with van der Waals surface area (Å²) in [5.41, 5.74) is 2.83. The van der Waals surface area contributed by atoms with Crippen LogP contribution in [0.2, 0.25) is 0 Å². The minimum Gasteiger partial charge on any atom is -0.450 e. The first-order valence-corrected chi connectivity index (χ1v) is 9.27. The van der Waals surface area contributed by atoms with Crippen LogP contribution >= 0.6 is 0 Å². The number of nitro groups is 1. The Bertz CT molecular complexity index is 1060. The molecule has 0 bridgehead atoms. The van der Waals surface area contributed by atoms with Crippen molar-refractivity contribution < 1.29 is 23.7 Å². The molecular formula is C22H20N2O6. The van der Waals surface area contributed by atoms with E-state index < -0.39 is 23.4 Å². The molecule has 1 N–H and O–H groups in total. The van der Waals surface area contributed by atoms with Crippen LogP contribution in [0, 0.1) is 17.0 Å². The number of nitro benzene ring substituents is 1. The standard InChI is InChI=1S/C22H20N2O6/c1-15-4-2-3-5-16(15)12-13-23-21(25)14-29-22(26)20-11-10-19(30-20)17-6-8-18(9-7-17)24(27)28/h2-11H,12-14H2,1H3,(H,23,25). The number of aryl methyl sites for hydroxylation is 1. The van der Waals surface area contributed by atoms with Crippen molar-refractivity contribution in [2.45, 2.75) is 13.3 Å². The summed E-state index contributed by atoms with van der Waals surface area (Å²) in [5.74, 6) is -0.869. The summed E-state index contributed by atoms with van der Waals surface area (Å²) in [4.78, 5) is 34.2. The predicted octanol–water partition coefficient (Wildman–Crippen LogP) is 3.68. The molecule has 1 amide bonds. The highest BCUT2D eigenvalue weighted by molar-refractivity contribution is 5.89. The molecule has 0 saturated carbocycles. The quantitative estimate of drug-likeness (QED) is 0.346. The van der Waals surface area contributed by atoms with Crippen molar-refractivity contribution in [2.24, 2.45) is 0 Å². The van der Waals surface area contributed by atoms with Gasteiger partial charge < -0.3 is 14.5 Å². The van der Waals surface area contributed by atoms with Crippen LogP contribution in [0.4, 0.5) is 5.69 Å². The zero-order valence-corrected chi connectivity index (χ0v) is 16.3. The van der Waals surface area contributed by atoms with Crippen molar-refractivity contribution in [3.63, 3.8) is 0 Å². The van der Waals surface area contributed by atoms with E-state index in [1.165, 1.54) is 30.3 Å². The van der Waals surface area contributed by atoms with Crippen LogP contribution in [0.15, 0.2) is 65.1 Å². The molecule has 0 fully saturated rings. The number of nitrogens with one attached hydrogen (secondary N) is 1. The maximum absolute atomic E-state index is 12.1. The highest BCUT2D eigenvalue weighted by atomic mass is 16.6. The Kier molecular flexibility index (Phi) is 6.59. The molecule has 0 aliphatic carbocycles. The lowest BCUT2D eigenvalue weighted by Gasteiger charge is -2.07. The molecule has 0 saturated heterocycles. The van der Waals surface area contributed by atoms with E-state index in [9.17, 15) is 19.7 Å². The molecular weight excluding hydrogens is 388 g/mol. The third kappa shape index (κ3) is 5.32. The van der Waals surface area contributed by atoms with Gasteiger partial charge in [0.15, 0.2) is 6.61 Å². The predicted molar refractivity (Wildman–Crippen MR) is 109 cm³/mol. The van der Waals surface area contributed by atoms with Crippen LogP contribution < -0.4 is 5.32 Å². The van der Waals surface area contributed by atoms with Crippen LogP contribution in [0.1, 0.15) is 21.7 Å². The highest BCUT2D eigenvalue weighted by Gasteiger charge is 2.16. The molecule has 154 valence electrons. The molecule has 3 aromatic rings. The van der Waals surface area contributed by atoms with E-state index in [1.807, 2.05) is 31.2 Å². The molecule has 0 unspecified atom stereocenters. The first-order chi connectivity index (χ1) is 14.4. The van der Waals surface area contributed by atoms with Gasteiger partial charge in [-0.15, -0.1) is 0 Å². The van der Waals surface area contributed by atoms with Crippen LogP contribution in [-0.4, -0.2) is 30.0 Å². The fraction of sp³-hybridized carbons (Fsp3) is 0.182. The number of non-ortho nitro benzene ring substituents is 1. The summed E-state index contributed by atoms with van der Waals surface area (Å²) in [6.45, 7) is 2.03. The molecule has 3 rings (SSSR count). The van der Waals surface area contributed by atoms with Crippen molar-refractivity contribution >= 4 is 17.6 Å². The number of hydrogen-bond acceptors (Lipinski definition) is 6. The fourth-order valence-electron chi connectivity index (χ4n) is 2.83. The molecule has 0 aliphatic heterocycles. The van der Waals surface area contributed by atoms with Gasteiger partial charge in [-0.2, -0.15) is 0 Å². The van der Waals surface area contributed by atoms with Gasteiger partial charge in [0.05, 0.1) is 4.92 Å². The van der Waals surface area contributed by atoms with E-state index in [1.54, 1.807) is 6.07 Å². The van der Waals surface area contributed by atoms with Crippen LogP contribution in [0.25, 0.3) is 11.3 Å². The number of amides is 1. The number of furan rings is 1. The normalized spacial score (nSPS) is 10.4. The van der Waals surface area contributed by atoms with E-state index in [2.05, 4.69) is 5.32 Å². The number of carbonyl (C=O) groups excluding carboxylic acids is 2. The lowest BCUT2D eigenvalue weighted by molar-refractivity contribution is -0.384. The Balaban J connectivity index is 1.47. The fourth-order valence-corrected chi connectivity index (χ4v) is 2.83. The Morgan fingerprint density at radius 3 is 2.50 bits per heavy atom. The van der Waals surface area contributed by atoms with Crippen molar-refractivity contribution in [2.75, 3.05) is 13.2 Å². The Morgan fingerprint density at radius 1 is 1.07 bits per heavy atom. The second-order valence-electron chi connectivity index (χ2n) is 6.57. The smallest absolute Gasteiger partial charge is 0.374 e. The molecule has 0 atom stereocenters. The number of ether oxygens (including phenoxy) is 1. The monoisotopic (exact) mass is 408 g/mol. The zero-order valence-electron chi connectivity index (χ0n) is 16.3. The summed E-state index contributed by atoms with van der Waals surface area (Å²) in [6.07, 6.45) is 0.684. The molecule has 1 aromatic heterocycles. The van der Waals surface area contributed by atoms with E-state index in [-0.39, 0.29) is 11.4 Å². The molecule has 30 heavy (non-hydrogen) atoms. The second-order valence-corrected chi connectivity index (χ2v) is 6.57. The first-order valence-electron chi connectivity index (χ1n) is 9.27. The van der Waals surface area contributed by atoms with E-state index in [4.69, 9.17) is 9.15 Å². The minimum atomic E-state index is -0.766. The van der Waals surface area contributed by atoms with Crippen molar-refractivity contribution in [3.8, 4) is 11.3 Å². The number of esters is 1. The zero-order chi connectivity index (χ0) is 21.5. The van der Waals surface area contributed by atoms with Gasteiger partial charge >= 0.3 is 5.97 Å². The number of nitrogens with zero attached hydrogens (tertiary/aromatic N) is 1. The SMILES string of the molecule is Cc1ccccc1CCNC(=O)COC(=O)c1ccc(-c2ccc([N+](=O)[O-])cc2)o1. The molecule has 0 radical (unpaired) electrons. The van der Waals surface area contributed by atoms with Gasteiger partial charge in [0, 0.05) is 24.2 Å². The molecule has 8 nitrogen and oxygen atoms in total. The molecule has 8 heteroatoms. The maximum atomic E-state index is 12.1. The van der Waals surface area contributed by atoms with Crippen LogP contribution in [0.5, 0.6) is 0 Å². The second kappa shape index (κ2) is 9.51. The average molecular weight is 408 g/mol. The third-order valence-corrected chi connectivity index (χ3v) is 4.48. The number of rotatable bonds is 8. The highest BCUT2D eigenvalue weighted by Crippen LogP contribution is 2.24. The van der Waals surface area contributed by atoms with Crippen LogP contribution in [0.3, 0.4) is 0 Å². The van der Waals surface area contributed by atoms with Crippen molar-refractivity contribution in [3.05, 3.63) is 87.7 Å². The summed E-state index contributed by atoms with van der Waals surface area (Å²) < 4.78 is 10.4. The number of benzene rings is 2. The maximum Gasteiger partial charge on any atom is 0.374 e. The van der Waals surface area contributed by atoms with Crippen LogP contribution in [-0.2, 0) is 16.0 Å². The van der Waals surface area contributed by atoms with Gasteiger partial charge in [0.2, 0.25) is 5.76 Å².